The lowest BCUT2D eigenvalue weighted by Gasteiger charge is -2.26. The summed E-state index contributed by atoms with van der Waals surface area (Å²) in [4.78, 5) is 0. The Labute approximate surface area is 82.3 Å². The largest absolute Gasteiger partial charge is 0.311 e. The van der Waals surface area contributed by atoms with Crippen molar-refractivity contribution in [3.8, 4) is 0 Å². The summed E-state index contributed by atoms with van der Waals surface area (Å²) in [5.41, 5.74) is 0. The van der Waals surface area contributed by atoms with Gasteiger partial charge in [0.25, 0.3) is 0 Å². The van der Waals surface area contributed by atoms with Gasteiger partial charge in [0.1, 0.15) is 0 Å². The van der Waals surface area contributed by atoms with Crippen LogP contribution in [0.2, 0.25) is 0 Å². The highest BCUT2D eigenvalue weighted by atomic mass is 15.0. The first-order valence-electron chi connectivity index (χ1n) is 6.03. The van der Waals surface area contributed by atoms with E-state index in [1.165, 1.54) is 38.5 Å². The molecule has 1 nitrogen and oxygen atoms in total. The van der Waals surface area contributed by atoms with Crippen molar-refractivity contribution in [2.75, 3.05) is 0 Å². The first kappa shape index (κ1) is 9.51. The van der Waals surface area contributed by atoms with Gasteiger partial charge in [0.05, 0.1) is 0 Å². The molecule has 2 saturated carbocycles. The van der Waals surface area contributed by atoms with Gasteiger partial charge in [-0.1, -0.05) is 32.6 Å². The number of hydrogen-bond donors (Lipinski definition) is 1. The summed E-state index contributed by atoms with van der Waals surface area (Å²) in [6, 6.07) is 1.62. The van der Waals surface area contributed by atoms with E-state index in [4.69, 9.17) is 0 Å². The van der Waals surface area contributed by atoms with Crippen molar-refractivity contribution in [1.29, 1.82) is 0 Å². The van der Waals surface area contributed by atoms with Crippen LogP contribution in [0.3, 0.4) is 0 Å². The number of rotatable bonds is 4. The Bertz CT molecular complexity index is 157. The standard InChI is InChI=1S/C12H23N/c1-9(11-5-3-4-6-11)10(2)13-12-7-8-12/h9-13H,3-8H2,1-2H3. The van der Waals surface area contributed by atoms with Gasteiger partial charge in [-0.05, 0) is 31.6 Å². The third-order valence-electron chi connectivity index (χ3n) is 4.01. The van der Waals surface area contributed by atoms with E-state index in [1.807, 2.05) is 0 Å². The fraction of sp³-hybridized carbons (Fsp3) is 1.00. The van der Waals surface area contributed by atoms with Gasteiger partial charge in [-0.15, -0.1) is 0 Å². The van der Waals surface area contributed by atoms with Crippen LogP contribution in [0.15, 0.2) is 0 Å². The van der Waals surface area contributed by atoms with E-state index in [0.29, 0.717) is 0 Å². The lowest BCUT2D eigenvalue weighted by atomic mass is 9.87. The van der Waals surface area contributed by atoms with Crippen molar-refractivity contribution < 1.29 is 0 Å². The Hall–Kier alpha value is -0.0400. The monoisotopic (exact) mass is 181 g/mol. The quantitative estimate of drug-likeness (QED) is 0.703. The average Bonchev–Trinajstić information content (AvgIpc) is 2.78. The smallest absolute Gasteiger partial charge is 0.00708 e. The molecule has 1 heteroatoms. The van der Waals surface area contributed by atoms with Crippen LogP contribution in [-0.2, 0) is 0 Å². The second-order valence-corrected chi connectivity index (χ2v) is 5.13. The molecular weight excluding hydrogens is 158 g/mol. The Morgan fingerprint density at radius 2 is 1.62 bits per heavy atom. The molecule has 0 aromatic heterocycles. The average molecular weight is 181 g/mol. The maximum Gasteiger partial charge on any atom is 0.00708 e. The van der Waals surface area contributed by atoms with Crippen molar-refractivity contribution in [3.63, 3.8) is 0 Å². The van der Waals surface area contributed by atoms with Crippen molar-refractivity contribution in [3.05, 3.63) is 0 Å². The first-order chi connectivity index (χ1) is 6.27. The molecule has 0 heterocycles. The van der Waals surface area contributed by atoms with E-state index in [9.17, 15) is 0 Å². The van der Waals surface area contributed by atoms with E-state index >= 15 is 0 Å². The van der Waals surface area contributed by atoms with Crippen LogP contribution in [0.1, 0.15) is 52.4 Å². The molecule has 0 aromatic rings. The van der Waals surface area contributed by atoms with Crippen molar-refractivity contribution in [2.45, 2.75) is 64.5 Å². The predicted octanol–water partition coefficient (Wildman–Crippen LogP) is 2.95. The maximum atomic E-state index is 3.73. The Morgan fingerprint density at radius 3 is 2.15 bits per heavy atom. The summed E-state index contributed by atoms with van der Waals surface area (Å²) in [5, 5.41) is 3.73. The SMILES string of the molecule is CC(NC1CC1)C(C)C1CCCC1. The Morgan fingerprint density at radius 1 is 1.00 bits per heavy atom. The molecule has 0 aliphatic heterocycles. The second kappa shape index (κ2) is 4.00. The molecule has 2 atom stereocenters. The van der Waals surface area contributed by atoms with Crippen molar-refractivity contribution in [2.24, 2.45) is 11.8 Å². The second-order valence-electron chi connectivity index (χ2n) is 5.13. The van der Waals surface area contributed by atoms with E-state index < -0.39 is 0 Å². The van der Waals surface area contributed by atoms with E-state index in [1.54, 1.807) is 0 Å². The maximum absolute atomic E-state index is 3.73. The minimum absolute atomic E-state index is 0.746. The van der Waals surface area contributed by atoms with Gasteiger partial charge in [0.15, 0.2) is 0 Å². The highest BCUT2D eigenvalue weighted by Gasteiger charge is 2.29. The molecule has 13 heavy (non-hydrogen) atoms. The van der Waals surface area contributed by atoms with E-state index in [0.717, 1.165) is 23.9 Å². The molecule has 0 bridgehead atoms. The Kier molecular flexibility index (Phi) is 2.92. The fourth-order valence-electron chi connectivity index (χ4n) is 2.66. The van der Waals surface area contributed by atoms with Crippen LogP contribution in [0, 0.1) is 11.8 Å². The zero-order valence-corrected chi connectivity index (χ0v) is 9.05. The third kappa shape index (κ3) is 2.46. The van der Waals surface area contributed by atoms with Gasteiger partial charge < -0.3 is 5.32 Å². The lowest BCUT2D eigenvalue weighted by molar-refractivity contribution is 0.283. The zero-order chi connectivity index (χ0) is 9.26. The summed E-state index contributed by atoms with van der Waals surface area (Å²) >= 11 is 0. The van der Waals surface area contributed by atoms with Gasteiger partial charge in [-0.25, -0.2) is 0 Å². The van der Waals surface area contributed by atoms with Crippen LogP contribution in [-0.4, -0.2) is 12.1 Å². The van der Waals surface area contributed by atoms with Gasteiger partial charge in [-0.3, -0.25) is 0 Å². The molecule has 2 unspecified atom stereocenters. The summed E-state index contributed by atoms with van der Waals surface area (Å²) in [6.45, 7) is 4.82. The van der Waals surface area contributed by atoms with Gasteiger partial charge in [-0.2, -0.15) is 0 Å². The zero-order valence-electron chi connectivity index (χ0n) is 9.05. The van der Waals surface area contributed by atoms with Gasteiger partial charge in [0.2, 0.25) is 0 Å². The summed E-state index contributed by atoms with van der Waals surface area (Å²) in [5.74, 6) is 1.91. The van der Waals surface area contributed by atoms with E-state index in [-0.39, 0.29) is 0 Å². The van der Waals surface area contributed by atoms with Crippen LogP contribution >= 0.6 is 0 Å². The molecule has 2 aliphatic rings. The molecular formula is C12H23N. The van der Waals surface area contributed by atoms with Gasteiger partial charge >= 0.3 is 0 Å². The predicted molar refractivity (Wildman–Crippen MR) is 56.7 cm³/mol. The van der Waals surface area contributed by atoms with Crippen molar-refractivity contribution in [1.82, 2.24) is 5.32 Å². The molecule has 76 valence electrons. The first-order valence-corrected chi connectivity index (χ1v) is 6.03. The number of nitrogens with one attached hydrogen (secondary N) is 1. The fourth-order valence-corrected chi connectivity index (χ4v) is 2.66. The number of hydrogen-bond acceptors (Lipinski definition) is 1. The highest BCUT2D eigenvalue weighted by Crippen LogP contribution is 2.33. The summed E-state index contributed by atoms with van der Waals surface area (Å²) in [6.07, 6.45) is 8.76. The third-order valence-corrected chi connectivity index (χ3v) is 4.01. The lowest BCUT2D eigenvalue weighted by Crippen LogP contribution is -2.36. The molecule has 0 spiro atoms. The molecule has 0 saturated heterocycles. The topological polar surface area (TPSA) is 12.0 Å². The molecule has 1 N–H and O–H groups in total. The summed E-state index contributed by atoms with van der Waals surface area (Å²) < 4.78 is 0. The van der Waals surface area contributed by atoms with Crippen LogP contribution in [0.25, 0.3) is 0 Å². The minimum atomic E-state index is 0.746. The molecule has 0 aromatic carbocycles. The molecule has 0 radical (unpaired) electrons. The highest BCUT2D eigenvalue weighted by molar-refractivity contribution is 4.87. The molecule has 0 amide bonds. The normalized spacial score (nSPS) is 29.1. The molecule has 2 aliphatic carbocycles. The molecule has 2 fully saturated rings. The summed E-state index contributed by atoms with van der Waals surface area (Å²) in [7, 11) is 0. The van der Waals surface area contributed by atoms with Crippen LogP contribution in [0.5, 0.6) is 0 Å². The Balaban J connectivity index is 1.76. The van der Waals surface area contributed by atoms with Crippen LogP contribution in [0.4, 0.5) is 0 Å². The molecule has 2 rings (SSSR count). The van der Waals surface area contributed by atoms with Crippen LogP contribution < -0.4 is 5.32 Å². The van der Waals surface area contributed by atoms with Gasteiger partial charge in [0, 0.05) is 12.1 Å². The van der Waals surface area contributed by atoms with E-state index in [2.05, 4.69) is 19.2 Å². The van der Waals surface area contributed by atoms with Crippen molar-refractivity contribution >= 4 is 0 Å². The minimum Gasteiger partial charge on any atom is -0.311 e.